The Balaban J connectivity index is 1.68. The van der Waals surface area contributed by atoms with Gasteiger partial charge in [0.25, 0.3) is 0 Å². The molecule has 0 fully saturated rings. The summed E-state index contributed by atoms with van der Waals surface area (Å²) < 4.78 is 15.4. The zero-order valence-corrected chi connectivity index (χ0v) is 17.4. The zero-order valence-electron chi connectivity index (χ0n) is 16.6. The lowest BCUT2D eigenvalue weighted by atomic mass is 10.1. The quantitative estimate of drug-likeness (QED) is 0.337. The molecule has 0 unspecified atom stereocenters. The van der Waals surface area contributed by atoms with E-state index in [-0.39, 0.29) is 30.5 Å². The fraction of sp³-hybridized carbons (Fsp3) is 0.227. The summed E-state index contributed by atoms with van der Waals surface area (Å²) in [5, 5.41) is 3.16. The van der Waals surface area contributed by atoms with Crippen molar-refractivity contribution >= 4 is 40.5 Å². The molecule has 2 aromatic carbocycles. The van der Waals surface area contributed by atoms with Crippen molar-refractivity contribution in [3.8, 4) is 0 Å². The van der Waals surface area contributed by atoms with Gasteiger partial charge in [0.05, 0.1) is 12.4 Å². The lowest BCUT2D eigenvalue weighted by Crippen LogP contribution is -2.13. The van der Waals surface area contributed by atoms with Crippen molar-refractivity contribution in [3.63, 3.8) is 0 Å². The predicted molar refractivity (Wildman–Crippen MR) is 115 cm³/mol. The van der Waals surface area contributed by atoms with Crippen LogP contribution in [0.15, 0.2) is 62.6 Å². The van der Waals surface area contributed by atoms with Crippen LogP contribution < -0.4 is 10.9 Å². The van der Waals surface area contributed by atoms with E-state index in [2.05, 4.69) is 5.32 Å². The molecular formula is C22H21NO6S. The summed E-state index contributed by atoms with van der Waals surface area (Å²) in [5.74, 6) is -0.220. The molecular weight excluding hydrogens is 406 g/mol. The van der Waals surface area contributed by atoms with Crippen LogP contribution >= 0.6 is 11.8 Å². The highest BCUT2D eigenvalue weighted by Gasteiger charge is 2.12. The number of rotatable bonds is 7. The summed E-state index contributed by atoms with van der Waals surface area (Å²) in [5.41, 5.74) is 1.74. The Bertz CT molecular complexity index is 1120. The number of benzene rings is 2. The number of aryl methyl sites for hydroxylation is 1. The fourth-order valence-corrected chi connectivity index (χ4v) is 3.59. The molecule has 0 saturated heterocycles. The Morgan fingerprint density at radius 2 is 1.90 bits per heavy atom. The van der Waals surface area contributed by atoms with Crippen molar-refractivity contribution in [1.82, 2.24) is 0 Å². The van der Waals surface area contributed by atoms with Crippen molar-refractivity contribution in [2.75, 3.05) is 17.7 Å². The molecule has 0 atom stereocenters. The van der Waals surface area contributed by atoms with E-state index in [1.165, 1.54) is 23.9 Å². The highest BCUT2D eigenvalue weighted by molar-refractivity contribution is 8.00. The second kappa shape index (κ2) is 9.98. The van der Waals surface area contributed by atoms with Crippen LogP contribution in [0.5, 0.6) is 0 Å². The first-order valence-electron chi connectivity index (χ1n) is 9.31. The molecule has 1 heterocycles. The Hall–Kier alpha value is -3.26. The molecule has 3 aromatic rings. The molecule has 0 bridgehead atoms. The number of esters is 1. The van der Waals surface area contributed by atoms with Crippen molar-refractivity contribution in [2.45, 2.75) is 25.3 Å². The first kappa shape index (κ1) is 21.4. The number of hydrogen-bond acceptors (Lipinski definition) is 7. The number of fused-ring (bicyclic) bond motifs is 1. The molecule has 156 valence electrons. The standard InChI is InChI=1S/C22H21NO6S/c1-3-27-22(26)23-16-8-9-17-15(10-20(24)29-18(17)11-16)12-28-21(25)13-30-19-7-5-4-6-14(19)2/h4-11H,3,12-13H2,1-2H3,(H,23,26). The Labute approximate surface area is 177 Å². The molecule has 3 rings (SSSR count). The third-order valence-electron chi connectivity index (χ3n) is 4.18. The maximum absolute atomic E-state index is 12.2. The topological polar surface area (TPSA) is 94.8 Å². The van der Waals surface area contributed by atoms with Gasteiger partial charge >= 0.3 is 17.7 Å². The van der Waals surface area contributed by atoms with Crippen LogP contribution in [-0.4, -0.2) is 24.4 Å². The number of nitrogens with one attached hydrogen (secondary N) is 1. The average molecular weight is 427 g/mol. The van der Waals surface area contributed by atoms with Crippen LogP contribution in [-0.2, 0) is 20.9 Å². The minimum Gasteiger partial charge on any atom is -0.460 e. The van der Waals surface area contributed by atoms with Crippen LogP contribution in [0.4, 0.5) is 10.5 Å². The van der Waals surface area contributed by atoms with Gasteiger partial charge in [0.2, 0.25) is 0 Å². The Morgan fingerprint density at radius 1 is 1.10 bits per heavy atom. The van der Waals surface area contributed by atoms with Gasteiger partial charge in [-0.05, 0) is 37.6 Å². The predicted octanol–water partition coefficient (Wildman–Crippen LogP) is 4.51. The Morgan fingerprint density at radius 3 is 2.67 bits per heavy atom. The average Bonchev–Trinajstić information content (AvgIpc) is 2.71. The maximum atomic E-state index is 12.2. The number of carbonyl (C=O) groups is 2. The number of carbonyl (C=O) groups excluding carboxylic acids is 2. The highest BCUT2D eigenvalue weighted by Crippen LogP contribution is 2.24. The van der Waals surface area contributed by atoms with Crippen molar-refractivity contribution in [3.05, 3.63) is 70.1 Å². The van der Waals surface area contributed by atoms with Gasteiger partial charge in [-0.25, -0.2) is 9.59 Å². The molecule has 1 amide bonds. The monoisotopic (exact) mass is 427 g/mol. The molecule has 0 radical (unpaired) electrons. The van der Waals surface area contributed by atoms with E-state index in [1.54, 1.807) is 19.1 Å². The largest absolute Gasteiger partial charge is 0.460 e. The molecule has 0 spiro atoms. The van der Waals surface area contributed by atoms with Gasteiger partial charge in [-0.3, -0.25) is 10.1 Å². The van der Waals surface area contributed by atoms with Gasteiger partial charge < -0.3 is 13.9 Å². The van der Waals surface area contributed by atoms with E-state index in [4.69, 9.17) is 13.9 Å². The smallest absolute Gasteiger partial charge is 0.411 e. The first-order valence-corrected chi connectivity index (χ1v) is 10.3. The molecule has 0 saturated carbocycles. The van der Waals surface area contributed by atoms with Crippen LogP contribution in [0.25, 0.3) is 11.0 Å². The van der Waals surface area contributed by atoms with Crippen molar-refractivity contribution in [2.24, 2.45) is 0 Å². The number of thioether (sulfide) groups is 1. The minimum atomic E-state index is -0.601. The summed E-state index contributed by atoms with van der Waals surface area (Å²) in [6.45, 7) is 3.87. The SMILES string of the molecule is CCOC(=O)Nc1ccc2c(COC(=O)CSc3ccccc3C)cc(=O)oc2c1. The van der Waals surface area contributed by atoms with Gasteiger partial charge in [-0.2, -0.15) is 0 Å². The van der Waals surface area contributed by atoms with Crippen LogP contribution in [0.3, 0.4) is 0 Å². The number of anilines is 1. The third-order valence-corrected chi connectivity index (χ3v) is 5.33. The molecule has 1 aromatic heterocycles. The van der Waals surface area contributed by atoms with Gasteiger partial charge in [0.15, 0.2) is 0 Å². The summed E-state index contributed by atoms with van der Waals surface area (Å²) in [6, 6.07) is 13.9. The second-order valence-corrected chi connectivity index (χ2v) is 7.38. The van der Waals surface area contributed by atoms with Gasteiger partial charge in [-0.1, -0.05) is 18.2 Å². The van der Waals surface area contributed by atoms with E-state index in [9.17, 15) is 14.4 Å². The Kier molecular flexibility index (Phi) is 7.13. The van der Waals surface area contributed by atoms with E-state index in [0.717, 1.165) is 10.5 Å². The van der Waals surface area contributed by atoms with E-state index < -0.39 is 11.7 Å². The highest BCUT2D eigenvalue weighted by atomic mass is 32.2. The summed E-state index contributed by atoms with van der Waals surface area (Å²) in [6.07, 6.45) is -0.601. The van der Waals surface area contributed by atoms with Crippen LogP contribution in [0.1, 0.15) is 18.1 Å². The lowest BCUT2D eigenvalue weighted by Gasteiger charge is -2.09. The molecule has 8 heteroatoms. The first-order chi connectivity index (χ1) is 14.5. The number of amides is 1. The van der Waals surface area contributed by atoms with E-state index in [0.29, 0.717) is 16.6 Å². The zero-order chi connectivity index (χ0) is 21.5. The lowest BCUT2D eigenvalue weighted by molar-refractivity contribution is -0.141. The molecule has 0 aliphatic carbocycles. The van der Waals surface area contributed by atoms with E-state index >= 15 is 0 Å². The van der Waals surface area contributed by atoms with E-state index in [1.807, 2.05) is 31.2 Å². The fourth-order valence-electron chi connectivity index (χ4n) is 2.77. The van der Waals surface area contributed by atoms with Gasteiger partial charge in [0.1, 0.15) is 12.2 Å². The third kappa shape index (κ3) is 5.64. The summed E-state index contributed by atoms with van der Waals surface area (Å²) >= 11 is 1.40. The summed E-state index contributed by atoms with van der Waals surface area (Å²) in [7, 11) is 0. The van der Waals surface area contributed by atoms with Crippen molar-refractivity contribution < 1.29 is 23.5 Å². The normalized spacial score (nSPS) is 10.6. The molecule has 30 heavy (non-hydrogen) atoms. The maximum Gasteiger partial charge on any atom is 0.411 e. The molecule has 0 aliphatic heterocycles. The van der Waals surface area contributed by atoms with Crippen LogP contribution in [0.2, 0.25) is 0 Å². The summed E-state index contributed by atoms with van der Waals surface area (Å²) in [4.78, 5) is 36.6. The molecule has 0 aliphatic rings. The van der Waals surface area contributed by atoms with Crippen molar-refractivity contribution in [1.29, 1.82) is 0 Å². The minimum absolute atomic E-state index is 0.0556. The molecule has 7 nitrogen and oxygen atoms in total. The van der Waals surface area contributed by atoms with Gasteiger partial charge in [-0.15, -0.1) is 11.8 Å². The number of ether oxygens (including phenoxy) is 2. The van der Waals surface area contributed by atoms with Gasteiger partial charge in [0, 0.05) is 33.7 Å². The second-order valence-electron chi connectivity index (χ2n) is 6.36. The number of hydrogen-bond donors (Lipinski definition) is 1. The van der Waals surface area contributed by atoms with Crippen LogP contribution in [0, 0.1) is 6.92 Å². The molecule has 1 N–H and O–H groups in total.